The van der Waals surface area contributed by atoms with Gasteiger partial charge in [-0.05, 0) is 39.7 Å². The van der Waals surface area contributed by atoms with Crippen LogP contribution in [0.2, 0.25) is 0 Å². The van der Waals surface area contributed by atoms with E-state index in [4.69, 9.17) is 4.74 Å². The molecule has 0 radical (unpaired) electrons. The molecule has 0 N–H and O–H groups in total. The number of likely N-dealkylation sites (tertiary alicyclic amines) is 1. The van der Waals surface area contributed by atoms with Gasteiger partial charge in [0.1, 0.15) is 11.9 Å². The van der Waals surface area contributed by atoms with Gasteiger partial charge in [-0.2, -0.15) is 0 Å². The van der Waals surface area contributed by atoms with Crippen molar-refractivity contribution in [3.8, 4) is 5.75 Å². The van der Waals surface area contributed by atoms with Crippen LogP contribution in [0.4, 0.5) is 0 Å². The Labute approximate surface area is 165 Å². The van der Waals surface area contributed by atoms with Crippen molar-refractivity contribution in [1.29, 1.82) is 0 Å². The van der Waals surface area contributed by atoms with E-state index in [-0.39, 0.29) is 12.0 Å². The fourth-order valence-electron chi connectivity index (χ4n) is 3.17. The molecule has 138 valence electrons. The molecule has 1 atom stereocenters. The van der Waals surface area contributed by atoms with Crippen LogP contribution in [-0.4, -0.2) is 44.5 Å². The molecule has 0 spiro atoms. The number of carbonyl (C=O) groups excluding carboxylic acids is 1. The molecule has 1 amide bonds. The first-order chi connectivity index (χ1) is 13.2. The number of carbonyl (C=O) groups is 1. The third-order valence-corrected chi connectivity index (χ3v) is 5.18. The fraction of sp³-hybridized carbons (Fsp3) is 0.250. The highest BCUT2D eigenvalue weighted by Crippen LogP contribution is 2.26. The molecule has 0 aliphatic carbocycles. The van der Waals surface area contributed by atoms with Crippen molar-refractivity contribution >= 4 is 21.8 Å². The first-order valence-electron chi connectivity index (χ1n) is 8.79. The largest absolute Gasteiger partial charge is 0.487 e. The van der Waals surface area contributed by atoms with Crippen molar-refractivity contribution in [2.45, 2.75) is 19.1 Å². The number of hydrogen-bond donors (Lipinski definition) is 0. The van der Waals surface area contributed by atoms with Gasteiger partial charge in [0.05, 0.1) is 17.3 Å². The monoisotopic (exact) mass is 426 g/mol. The zero-order valence-electron chi connectivity index (χ0n) is 14.7. The number of rotatable bonds is 5. The molecule has 6 nitrogen and oxygen atoms in total. The molecule has 1 saturated heterocycles. The van der Waals surface area contributed by atoms with E-state index >= 15 is 0 Å². The molecule has 3 aromatic rings. The molecule has 1 aliphatic rings. The maximum atomic E-state index is 12.8. The number of amides is 1. The quantitative estimate of drug-likeness (QED) is 0.627. The molecule has 4 rings (SSSR count). The Bertz CT molecular complexity index is 912. The Kier molecular flexibility index (Phi) is 5.20. The van der Waals surface area contributed by atoms with Gasteiger partial charge in [0.15, 0.2) is 0 Å². The SMILES string of the molecule is O=C(c1ccc(Cn2ccnc2)cc1)N1CCC(Oc2ccncc2Br)C1. The second-order valence-electron chi connectivity index (χ2n) is 6.52. The standard InChI is InChI=1S/C20H19BrN4O2/c21-18-11-22-7-5-19(18)27-17-6-9-25(13-17)20(26)16-3-1-15(2-4-16)12-24-10-8-23-14-24/h1-5,7-8,10-11,14,17H,6,9,12-13H2. The van der Waals surface area contributed by atoms with Crippen LogP contribution < -0.4 is 4.74 Å². The molecule has 7 heteroatoms. The van der Waals surface area contributed by atoms with Crippen LogP contribution in [0.25, 0.3) is 0 Å². The van der Waals surface area contributed by atoms with Gasteiger partial charge in [-0.3, -0.25) is 9.78 Å². The van der Waals surface area contributed by atoms with E-state index in [0.717, 1.165) is 28.8 Å². The smallest absolute Gasteiger partial charge is 0.253 e. The summed E-state index contributed by atoms with van der Waals surface area (Å²) in [5.41, 5.74) is 1.84. The van der Waals surface area contributed by atoms with E-state index in [1.165, 1.54) is 0 Å². The first-order valence-corrected chi connectivity index (χ1v) is 9.58. The predicted octanol–water partition coefficient (Wildman–Crippen LogP) is 3.38. The molecule has 0 saturated carbocycles. The van der Waals surface area contributed by atoms with E-state index < -0.39 is 0 Å². The molecule has 1 aliphatic heterocycles. The topological polar surface area (TPSA) is 60.2 Å². The summed E-state index contributed by atoms with van der Waals surface area (Å²) in [5, 5.41) is 0. The molecule has 3 heterocycles. The number of nitrogens with zero attached hydrogens (tertiary/aromatic N) is 4. The molecule has 1 fully saturated rings. The molecule has 27 heavy (non-hydrogen) atoms. The summed E-state index contributed by atoms with van der Waals surface area (Å²) < 4.78 is 8.83. The molecule has 1 aromatic carbocycles. The summed E-state index contributed by atoms with van der Waals surface area (Å²) in [6.45, 7) is 2.03. The highest BCUT2D eigenvalue weighted by molar-refractivity contribution is 9.10. The number of ether oxygens (including phenoxy) is 1. The lowest BCUT2D eigenvalue weighted by molar-refractivity contribution is 0.0772. The van der Waals surface area contributed by atoms with E-state index in [0.29, 0.717) is 18.7 Å². The van der Waals surface area contributed by atoms with Crippen molar-refractivity contribution in [1.82, 2.24) is 19.4 Å². The average Bonchev–Trinajstić information content (AvgIpc) is 3.36. The molecular formula is C20H19BrN4O2. The fourth-order valence-corrected chi connectivity index (χ4v) is 3.52. The molecule has 2 aromatic heterocycles. The normalized spacial score (nSPS) is 16.5. The van der Waals surface area contributed by atoms with E-state index in [1.807, 2.05) is 46.0 Å². The molecule has 1 unspecified atom stereocenters. The van der Waals surface area contributed by atoms with Gasteiger partial charge >= 0.3 is 0 Å². The van der Waals surface area contributed by atoms with Crippen molar-refractivity contribution in [2.24, 2.45) is 0 Å². The van der Waals surface area contributed by atoms with Crippen molar-refractivity contribution < 1.29 is 9.53 Å². The number of halogens is 1. The lowest BCUT2D eigenvalue weighted by Gasteiger charge is -2.18. The predicted molar refractivity (Wildman–Crippen MR) is 105 cm³/mol. The van der Waals surface area contributed by atoms with Gasteiger partial charge in [-0.1, -0.05) is 12.1 Å². The second-order valence-corrected chi connectivity index (χ2v) is 7.37. The minimum atomic E-state index is -0.00633. The number of pyridine rings is 1. The van der Waals surface area contributed by atoms with Crippen molar-refractivity contribution in [3.05, 3.63) is 77.0 Å². The first kappa shape index (κ1) is 17.7. The van der Waals surface area contributed by atoms with Crippen LogP contribution in [0, 0.1) is 0 Å². The minimum absolute atomic E-state index is 0.00633. The Morgan fingerprint density at radius 1 is 1.19 bits per heavy atom. The minimum Gasteiger partial charge on any atom is -0.487 e. The van der Waals surface area contributed by atoms with Gasteiger partial charge in [0, 0.05) is 49.9 Å². The molecular weight excluding hydrogens is 408 g/mol. The van der Waals surface area contributed by atoms with Gasteiger partial charge < -0.3 is 14.2 Å². The Balaban J connectivity index is 1.36. The van der Waals surface area contributed by atoms with E-state index in [2.05, 4.69) is 25.9 Å². The van der Waals surface area contributed by atoms with Crippen LogP contribution in [0.5, 0.6) is 5.75 Å². The Hall–Kier alpha value is -2.67. The van der Waals surface area contributed by atoms with Crippen LogP contribution >= 0.6 is 15.9 Å². The molecule has 0 bridgehead atoms. The summed E-state index contributed by atoms with van der Waals surface area (Å²) in [7, 11) is 0. The maximum absolute atomic E-state index is 12.8. The number of imidazole rings is 1. The highest BCUT2D eigenvalue weighted by Gasteiger charge is 2.28. The van der Waals surface area contributed by atoms with Gasteiger partial charge in [-0.25, -0.2) is 4.98 Å². The lowest BCUT2D eigenvalue weighted by atomic mass is 10.1. The summed E-state index contributed by atoms with van der Waals surface area (Å²) in [4.78, 5) is 22.7. The summed E-state index contributed by atoms with van der Waals surface area (Å²) >= 11 is 3.44. The number of aromatic nitrogens is 3. The van der Waals surface area contributed by atoms with Gasteiger partial charge in [-0.15, -0.1) is 0 Å². The van der Waals surface area contributed by atoms with Crippen molar-refractivity contribution in [2.75, 3.05) is 13.1 Å². The second kappa shape index (κ2) is 7.92. The number of hydrogen-bond acceptors (Lipinski definition) is 4. The van der Waals surface area contributed by atoms with E-state index in [9.17, 15) is 4.79 Å². The zero-order valence-corrected chi connectivity index (χ0v) is 16.2. The van der Waals surface area contributed by atoms with Crippen LogP contribution in [-0.2, 0) is 6.54 Å². The zero-order chi connectivity index (χ0) is 18.6. The maximum Gasteiger partial charge on any atom is 0.253 e. The summed E-state index contributed by atoms with van der Waals surface area (Å²) in [5.74, 6) is 0.803. The average molecular weight is 427 g/mol. The van der Waals surface area contributed by atoms with E-state index in [1.54, 1.807) is 24.9 Å². The van der Waals surface area contributed by atoms with Crippen LogP contribution in [0.15, 0.2) is 65.9 Å². The third-order valence-electron chi connectivity index (χ3n) is 4.59. The Morgan fingerprint density at radius 3 is 2.78 bits per heavy atom. The summed E-state index contributed by atoms with van der Waals surface area (Å²) in [6.07, 6.45) is 9.68. The van der Waals surface area contributed by atoms with Crippen LogP contribution in [0.1, 0.15) is 22.3 Å². The highest BCUT2D eigenvalue weighted by atomic mass is 79.9. The van der Waals surface area contributed by atoms with Gasteiger partial charge in [0.25, 0.3) is 5.91 Å². The van der Waals surface area contributed by atoms with Crippen LogP contribution in [0.3, 0.4) is 0 Å². The Morgan fingerprint density at radius 2 is 2.04 bits per heavy atom. The van der Waals surface area contributed by atoms with Gasteiger partial charge in [0.2, 0.25) is 0 Å². The third kappa shape index (κ3) is 4.19. The summed E-state index contributed by atoms with van der Waals surface area (Å²) in [6, 6.07) is 9.59. The van der Waals surface area contributed by atoms with Crippen molar-refractivity contribution in [3.63, 3.8) is 0 Å². The number of benzene rings is 1. The lowest BCUT2D eigenvalue weighted by Crippen LogP contribution is -2.31.